The van der Waals surface area contributed by atoms with Gasteiger partial charge in [0.1, 0.15) is 11.4 Å². The molecular weight excluding hydrogens is 474 g/mol. The molecule has 4 rings (SSSR count). The van der Waals surface area contributed by atoms with Crippen LogP contribution in [0.5, 0.6) is 5.88 Å². The molecule has 1 N–H and O–H groups in total. The van der Waals surface area contributed by atoms with Crippen molar-refractivity contribution in [3.05, 3.63) is 82.0 Å². The van der Waals surface area contributed by atoms with Crippen LogP contribution in [-0.2, 0) is 23.3 Å². The van der Waals surface area contributed by atoms with E-state index in [1.807, 2.05) is 12.1 Å². The molecule has 1 aliphatic heterocycles. The van der Waals surface area contributed by atoms with Gasteiger partial charge in [-0.3, -0.25) is 14.5 Å². The zero-order valence-electron chi connectivity index (χ0n) is 19.2. The van der Waals surface area contributed by atoms with Gasteiger partial charge in [-0.1, -0.05) is 50.6 Å². The van der Waals surface area contributed by atoms with Crippen LogP contribution in [0.15, 0.2) is 59.6 Å². The average Bonchev–Trinajstić information content (AvgIpc) is 3.06. The molecule has 176 valence electrons. The Morgan fingerprint density at radius 1 is 1.03 bits per heavy atom. The number of ether oxygens (including phenoxy) is 1. The van der Waals surface area contributed by atoms with Gasteiger partial charge in [0.25, 0.3) is 11.8 Å². The second-order valence-corrected chi connectivity index (χ2v) is 10.5. The molecular formula is C25H24ClN3O4S. The van der Waals surface area contributed by atoms with Gasteiger partial charge in [-0.15, -0.1) is 0 Å². The van der Waals surface area contributed by atoms with Gasteiger partial charge in [-0.2, -0.15) is 0 Å². The molecule has 0 bridgehead atoms. The van der Waals surface area contributed by atoms with E-state index in [0.29, 0.717) is 16.3 Å². The minimum atomic E-state index is -1.65. The lowest BCUT2D eigenvalue weighted by atomic mass is 9.87. The zero-order valence-corrected chi connectivity index (χ0v) is 20.8. The normalized spacial score (nSPS) is 14.2. The van der Waals surface area contributed by atoms with Crippen molar-refractivity contribution in [2.24, 2.45) is 0 Å². The van der Waals surface area contributed by atoms with Crippen LogP contribution in [-0.4, -0.2) is 33.4 Å². The molecule has 0 aliphatic carbocycles. The van der Waals surface area contributed by atoms with E-state index >= 15 is 0 Å². The lowest BCUT2D eigenvalue weighted by Gasteiger charge is -2.19. The van der Waals surface area contributed by atoms with Crippen molar-refractivity contribution in [2.75, 3.05) is 11.8 Å². The van der Waals surface area contributed by atoms with E-state index in [1.54, 1.807) is 36.5 Å². The number of amides is 2. The molecule has 9 heteroatoms. The van der Waals surface area contributed by atoms with Gasteiger partial charge in [0.2, 0.25) is 5.88 Å². The first-order valence-electron chi connectivity index (χ1n) is 10.6. The van der Waals surface area contributed by atoms with Crippen LogP contribution in [0, 0.1) is 0 Å². The van der Waals surface area contributed by atoms with E-state index in [-0.39, 0.29) is 33.8 Å². The summed E-state index contributed by atoms with van der Waals surface area (Å²) >= 11 is 4.64. The first-order chi connectivity index (χ1) is 16.1. The van der Waals surface area contributed by atoms with E-state index in [9.17, 15) is 14.1 Å². The number of benzene rings is 2. The predicted molar refractivity (Wildman–Crippen MR) is 132 cm³/mol. The van der Waals surface area contributed by atoms with Crippen LogP contribution < -0.4 is 9.46 Å². The number of rotatable bonds is 6. The molecule has 0 fully saturated rings. The van der Waals surface area contributed by atoms with Crippen LogP contribution in [0.2, 0.25) is 5.02 Å². The molecule has 1 aromatic heterocycles. The summed E-state index contributed by atoms with van der Waals surface area (Å²) in [7, 11) is 1.51. The molecule has 1 unspecified atom stereocenters. The van der Waals surface area contributed by atoms with Crippen molar-refractivity contribution in [2.45, 2.75) is 37.6 Å². The maximum atomic E-state index is 13.2. The van der Waals surface area contributed by atoms with E-state index in [2.05, 4.69) is 30.5 Å². The Morgan fingerprint density at radius 3 is 2.29 bits per heavy atom. The lowest BCUT2D eigenvalue weighted by Crippen LogP contribution is -2.29. The molecule has 2 heterocycles. The van der Waals surface area contributed by atoms with Crippen LogP contribution in [0.4, 0.5) is 5.69 Å². The number of nitrogens with zero attached hydrogens (tertiary/aromatic N) is 2. The average molecular weight is 498 g/mol. The topological polar surface area (TPSA) is 94.6 Å². The second-order valence-electron chi connectivity index (χ2n) is 8.90. The quantitative estimate of drug-likeness (QED) is 0.381. The molecule has 34 heavy (non-hydrogen) atoms. The summed E-state index contributed by atoms with van der Waals surface area (Å²) in [5.41, 5.74) is 2.23. The highest BCUT2D eigenvalue weighted by Gasteiger charge is 2.40. The summed E-state index contributed by atoms with van der Waals surface area (Å²) in [5.74, 6) is -0.593. The summed E-state index contributed by atoms with van der Waals surface area (Å²) < 4.78 is 20.9. The molecule has 2 amide bonds. The van der Waals surface area contributed by atoms with Gasteiger partial charge in [0, 0.05) is 12.3 Å². The van der Waals surface area contributed by atoms with Gasteiger partial charge in [-0.05, 0) is 40.8 Å². The fourth-order valence-electron chi connectivity index (χ4n) is 3.64. The smallest absolute Gasteiger partial charge is 0.264 e. The lowest BCUT2D eigenvalue weighted by molar-refractivity contribution is 0.0642. The van der Waals surface area contributed by atoms with Gasteiger partial charge in [0.15, 0.2) is 4.90 Å². The van der Waals surface area contributed by atoms with E-state index in [1.165, 1.54) is 13.2 Å². The number of fused-ring (bicyclic) bond motifs is 1. The summed E-state index contributed by atoms with van der Waals surface area (Å²) in [4.78, 5) is 32.1. The first-order valence-corrected chi connectivity index (χ1v) is 12.1. The number of pyridine rings is 1. The fraction of sp³-hybridized carbons (Fsp3) is 0.240. The molecule has 0 saturated carbocycles. The highest BCUT2D eigenvalue weighted by Crippen LogP contribution is 2.36. The third kappa shape index (κ3) is 4.61. The van der Waals surface area contributed by atoms with E-state index in [0.717, 1.165) is 10.5 Å². The maximum absolute atomic E-state index is 13.2. The highest BCUT2D eigenvalue weighted by atomic mass is 35.5. The Labute approximate surface area is 206 Å². The zero-order chi connectivity index (χ0) is 24.6. The Bertz CT molecular complexity index is 1240. The number of aromatic nitrogens is 1. The second kappa shape index (κ2) is 9.29. The first kappa shape index (κ1) is 24.1. The molecule has 1 atom stereocenters. The summed E-state index contributed by atoms with van der Waals surface area (Å²) in [6.07, 6.45) is 1.54. The number of halogens is 1. The van der Waals surface area contributed by atoms with Crippen LogP contribution >= 0.6 is 11.6 Å². The summed E-state index contributed by atoms with van der Waals surface area (Å²) in [6, 6.07) is 13.9. The number of anilines is 1. The molecule has 2 aromatic carbocycles. The Morgan fingerprint density at radius 2 is 1.71 bits per heavy atom. The van der Waals surface area contributed by atoms with Crippen LogP contribution in [0.3, 0.4) is 0 Å². The third-order valence-electron chi connectivity index (χ3n) is 5.56. The number of hydrogen-bond donors (Lipinski definition) is 1. The predicted octanol–water partition coefficient (Wildman–Crippen LogP) is 4.97. The SMILES string of the molecule is COc1ccc(CN2C(=O)c3c(Cl)ccc(N[S+]([O-])c4ccc(C(C)(C)C)cc4)c3C2=O)cn1. The molecule has 7 nitrogen and oxygen atoms in total. The van der Waals surface area contributed by atoms with E-state index in [4.69, 9.17) is 16.3 Å². The van der Waals surface area contributed by atoms with Crippen molar-refractivity contribution in [3.63, 3.8) is 0 Å². The highest BCUT2D eigenvalue weighted by molar-refractivity contribution is 7.92. The maximum Gasteiger partial charge on any atom is 0.264 e. The van der Waals surface area contributed by atoms with E-state index < -0.39 is 23.2 Å². The minimum Gasteiger partial charge on any atom is -0.588 e. The largest absolute Gasteiger partial charge is 0.588 e. The standard InChI is InChI=1S/C25H24ClN3O4S/c1-25(2,3)16-6-8-17(9-7-16)34(32)28-19-11-10-18(26)21-22(19)24(31)29(23(21)30)14-15-5-12-20(33-4)27-13-15/h5-13,28H,14H2,1-4H3. The van der Waals surface area contributed by atoms with Gasteiger partial charge < -0.3 is 9.29 Å². The molecule has 0 spiro atoms. The van der Waals surface area contributed by atoms with Gasteiger partial charge in [0.05, 0.1) is 35.5 Å². The van der Waals surface area contributed by atoms with Crippen molar-refractivity contribution in [1.82, 2.24) is 9.88 Å². The summed E-state index contributed by atoms with van der Waals surface area (Å²) in [5, 5.41) is 0.162. The fourth-order valence-corrected chi connectivity index (χ4v) is 4.75. The van der Waals surface area contributed by atoms with Gasteiger partial charge >= 0.3 is 0 Å². The van der Waals surface area contributed by atoms with Crippen molar-refractivity contribution in [1.29, 1.82) is 0 Å². The summed E-state index contributed by atoms with van der Waals surface area (Å²) in [6.45, 7) is 6.33. The van der Waals surface area contributed by atoms with Crippen LogP contribution in [0.25, 0.3) is 0 Å². The number of imide groups is 1. The molecule has 1 aliphatic rings. The van der Waals surface area contributed by atoms with Crippen molar-refractivity contribution >= 4 is 40.5 Å². The molecule has 0 saturated heterocycles. The number of carbonyl (C=O) groups is 2. The Kier molecular flexibility index (Phi) is 6.58. The van der Waals surface area contributed by atoms with Crippen molar-refractivity contribution in [3.8, 4) is 5.88 Å². The van der Waals surface area contributed by atoms with Crippen LogP contribution in [0.1, 0.15) is 52.6 Å². The Hall–Kier alpha value is -3.07. The molecule has 0 radical (unpaired) electrons. The molecule has 3 aromatic rings. The minimum absolute atomic E-state index is 0.0243. The number of carbonyl (C=O) groups excluding carboxylic acids is 2. The number of hydrogen-bond acceptors (Lipinski definition) is 6. The number of nitrogens with one attached hydrogen (secondary N) is 1. The monoisotopic (exact) mass is 497 g/mol. The van der Waals surface area contributed by atoms with Crippen molar-refractivity contribution < 1.29 is 18.9 Å². The Balaban J connectivity index is 1.59. The van der Waals surface area contributed by atoms with Gasteiger partial charge in [-0.25, -0.2) is 9.71 Å². The number of methoxy groups -OCH3 is 1. The third-order valence-corrected chi connectivity index (χ3v) is 6.98.